The maximum Gasteiger partial charge on any atom is 0.124 e. The molecule has 1 aromatic carbocycles. The second kappa shape index (κ2) is 4.14. The Hall–Kier alpha value is -1.94. The van der Waals surface area contributed by atoms with Crippen LogP contribution in [0, 0.1) is 0 Å². The summed E-state index contributed by atoms with van der Waals surface area (Å²) in [5.74, 6) is 0.547. The number of aromatic nitrogens is 2. The fourth-order valence-corrected chi connectivity index (χ4v) is 2.57. The Kier molecular flexibility index (Phi) is 2.49. The van der Waals surface area contributed by atoms with Gasteiger partial charge >= 0.3 is 0 Å². The Bertz CT molecular complexity index is 627. The van der Waals surface area contributed by atoms with Gasteiger partial charge in [-0.05, 0) is 24.3 Å². The van der Waals surface area contributed by atoms with Gasteiger partial charge in [-0.25, -0.2) is 4.98 Å². The van der Waals surface area contributed by atoms with Crippen molar-refractivity contribution >= 4 is 28.5 Å². The lowest BCUT2D eigenvalue weighted by molar-refractivity contribution is 1.13. The molecule has 0 aliphatic carbocycles. The fourth-order valence-electron chi connectivity index (χ4n) is 1.70. The molecule has 3 nitrogen and oxygen atoms in total. The van der Waals surface area contributed by atoms with Gasteiger partial charge in [-0.2, -0.15) is 0 Å². The first-order chi connectivity index (χ1) is 8.31. The van der Waals surface area contributed by atoms with Crippen molar-refractivity contribution in [3.8, 4) is 0 Å². The van der Waals surface area contributed by atoms with Crippen LogP contribution in [0.15, 0.2) is 58.6 Å². The largest absolute Gasteiger partial charge is 0.384 e. The molecular weight excluding hydrogens is 230 g/mol. The lowest BCUT2D eigenvalue weighted by Gasteiger charge is -1.98. The standard InChI is InChI=1S/C13H11N3S/c14-11-6-3-7-12(16-11)17-13-8-9-4-1-2-5-10(9)15-13/h1-8,15H,(H2,14,16). The van der Waals surface area contributed by atoms with Gasteiger partial charge < -0.3 is 10.7 Å². The summed E-state index contributed by atoms with van der Waals surface area (Å²) < 4.78 is 0. The van der Waals surface area contributed by atoms with Crippen LogP contribution in [0.2, 0.25) is 0 Å². The van der Waals surface area contributed by atoms with Gasteiger partial charge in [0.25, 0.3) is 0 Å². The van der Waals surface area contributed by atoms with Gasteiger partial charge in [0.15, 0.2) is 0 Å². The summed E-state index contributed by atoms with van der Waals surface area (Å²) in [6.45, 7) is 0. The van der Waals surface area contributed by atoms with Crippen LogP contribution in [-0.4, -0.2) is 9.97 Å². The van der Waals surface area contributed by atoms with E-state index >= 15 is 0 Å². The van der Waals surface area contributed by atoms with Crippen molar-refractivity contribution in [2.24, 2.45) is 0 Å². The van der Waals surface area contributed by atoms with E-state index < -0.39 is 0 Å². The van der Waals surface area contributed by atoms with Crippen LogP contribution < -0.4 is 5.73 Å². The van der Waals surface area contributed by atoms with Crippen molar-refractivity contribution in [1.82, 2.24) is 9.97 Å². The monoisotopic (exact) mass is 241 g/mol. The minimum Gasteiger partial charge on any atom is -0.384 e. The van der Waals surface area contributed by atoms with Crippen LogP contribution >= 0.6 is 11.8 Å². The molecular formula is C13H11N3S. The SMILES string of the molecule is Nc1cccc(Sc2cc3ccccc3[nH]2)n1. The first-order valence-electron chi connectivity index (χ1n) is 5.29. The molecule has 0 saturated carbocycles. The molecule has 2 aromatic heterocycles. The van der Waals surface area contributed by atoms with E-state index in [1.165, 1.54) is 5.39 Å². The quantitative estimate of drug-likeness (QED) is 0.723. The Morgan fingerprint density at radius 3 is 2.76 bits per heavy atom. The molecule has 3 N–H and O–H groups in total. The highest BCUT2D eigenvalue weighted by molar-refractivity contribution is 7.99. The third-order valence-electron chi connectivity index (χ3n) is 2.46. The minimum absolute atomic E-state index is 0.547. The molecule has 0 fully saturated rings. The van der Waals surface area contributed by atoms with Crippen LogP contribution in [-0.2, 0) is 0 Å². The summed E-state index contributed by atoms with van der Waals surface area (Å²) in [7, 11) is 0. The second-order valence-corrected chi connectivity index (χ2v) is 4.79. The second-order valence-electron chi connectivity index (χ2n) is 3.72. The predicted octanol–water partition coefficient (Wildman–Crippen LogP) is 3.30. The van der Waals surface area contributed by atoms with Gasteiger partial charge in [-0.1, -0.05) is 36.0 Å². The number of nitrogens with zero attached hydrogens (tertiary/aromatic N) is 1. The molecule has 0 unspecified atom stereocenters. The van der Waals surface area contributed by atoms with E-state index in [-0.39, 0.29) is 0 Å². The number of nitrogens with two attached hydrogens (primary N) is 1. The molecule has 0 amide bonds. The van der Waals surface area contributed by atoms with E-state index in [9.17, 15) is 0 Å². The molecule has 0 atom stereocenters. The number of anilines is 1. The summed E-state index contributed by atoms with van der Waals surface area (Å²) in [5.41, 5.74) is 6.79. The molecule has 0 aliphatic heterocycles. The zero-order chi connectivity index (χ0) is 11.7. The Morgan fingerprint density at radius 1 is 1.06 bits per heavy atom. The zero-order valence-electron chi connectivity index (χ0n) is 9.05. The summed E-state index contributed by atoms with van der Waals surface area (Å²) in [4.78, 5) is 7.61. The highest BCUT2D eigenvalue weighted by Gasteiger charge is 2.03. The number of nitrogens with one attached hydrogen (secondary N) is 1. The van der Waals surface area contributed by atoms with Crippen LogP contribution in [0.25, 0.3) is 10.9 Å². The molecule has 4 heteroatoms. The molecule has 17 heavy (non-hydrogen) atoms. The van der Waals surface area contributed by atoms with Gasteiger partial charge in [0.05, 0.1) is 5.03 Å². The number of nitrogen functional groups attached to an aromatic ring is 1. The fraction of sp³-hybridized carbons (Fsp3) is 0. The third kappa shape index (κ3) is 2.12. The number of para-hydroxylation sites is 1. The average Bonchev–Trinajstić information content (AvgIpc) is 2.71. The molecule has 0 radical (unpaired) electrons. The lowest BCUT2D eigenvalue weighted by Crippen LogP contribution is -1.89. The Balaban J connectivity index is 1.94. The normalized spacial score (nSPS) is 10.8. The van der Waals surface area contributed by atoms with Crippen molar-refractivity contribution in [2.75, 3.05) is 5.73 Å². The van der Waals surface area contributed by atoms with Crippen molar-refractivity contribution in [1.29, 1.82) is 0 Å². The van der Waals surface area contributed by atoms with Gasteiger partial charge in [-0.15, -0.1) is 0 Å². The van der Waals surface area contributed by atoms with Gasteiger partial charge in [0, 0.05) is 10.9 Å². The summed E-state index contributed by atoms with van der Waals surface area (Å²) in [6, 6.07) is 16.0. The van der Waals surface area contributed by atoms with E-state index in [0.29, 0.717) is 5.82 Å². The first kappa shape index (κ1) is 10.2. The van der Waals surface area contributed by atoms with Crippen molar-refractivity contribution in [3.63, 3.8) is 0 Å². The number of hydrogen-bond donors (Lipinski definition) is 2. The molecule has 0 spiro atoms. The van der Waals surface area contributed by atoms with Crippen molar-refractivity contribution < 1.29 is 0 Å². The molecule has 3 aromatic rings. The Morgan fingerprint density at radius 2 is 1.94 bits per heavy atom. The van der Waals surface area contributed by atoms with Crippen molar-refractivity contribution in [2.45, 2.75) is 10.1 Å². The Labute approximate surface area is 103 Å². The maximum absolute atomic E-state index is 5.65. The smallest absolute Gasteiger partial charge is 0.124 e. The minimum atomic E-state index is 0.547. The number of rotatable bonds is 2. The number of pyridine rings is 1. The van der Waals surface area contributed by atoms with E-state index in [1.807, 2.05) is 24.3 Å². The highest BCUT2D eigenvalue weighted by atomic mass is 32.2. The molecule has 0 bridgehead atoms. The predicted molar refractivity (Wildman–Crippen MR) is 71.1 cm³/mol. The summed E-state index contributed by atoms with van der Waals surface area (Å²) >= 11 is 1.58. The average molecular weight is 241 g/mol. The summed E-state index contributed by atoms with van der Waals surface area (Å²) in [6.07, 6.45) is 0. The van der Waals surface area contributed by atoms with Crippen LogP contribution in [0.3, 0.4) is 0 Å². The van der Waals surface area contributed by atoms with Gasteiger partial charge in [0.2, 0.25) is 0 Å². The van der Waals surface area contributed by atoms with Gasteiger partial charge in [-0.3, -0.25) is 0 Å². The topological polar surface area (TPSA) is 54.7 Å². The van der Waals surface area contributed by atoms with E-state index in [2.05, 4.69) is 28.2 Å². The number of fused-ring (bicyclic) bond motifs is 1. The zero-order valence-corrected chi connectivity index (χ0v) is 9.87. The maximum atomic E-state index is 5.65. The van der Waals surface area contributed by atoms with Crippen LogP contribution in [0.1, 0.15) is 0 Å². The third-order valence-corrected chi connectivity index (χ3v) is 3.34. The van der Waals surface area contributed by atoms with E-state index in [4.69, 9.17) is 5.73 Å². The number of aromatic amines is 1. The van der Waals surface area contributed by atoms with Crippen molar-refractivity contribution in [3.05, 3.63) is 48.5 Å². The number of hydrogen-bond acceptors (Lipinski definition) is 3. The molecule has 84 valence electrons. The molecule has 2 heterocycles. The van der Waals surface area contributed by atoms with Crippen LogP contribution in [0.5, 0.6) is 0 Å². The van der Waals surface area contributed by atoms with E-state index in [0.717, 1.165) is 15.6 Å². The summed E-state index contributed by atoms with van der Waals surface area (Å²) in [5, 5.41) is 3.18. The lowest BCUT2D eigenvalue weighted by atomic mass is 10.3. The number of benzene rings is 1. The van der Waals surface area contributed by atoms with Crippen LogP contribution in [0.4, 0.5) is 5.82 Å². The molecule has 0 aliphatic rings. The molecule has 0 saturated heterocycles. The molecule has 3 rings (SSSR count). The number of H-pyrrole nitrogens is 1. The first-order valence-corrected chi connectivity index (χ1v) is 6.11. The van der Waals surface area contributed by atoms with E-state index in [1.54, 1.807) is 17.8 Å². The highest BCUT2D eigenvalue weighted by Crippen LogP contribution is 2.28. The van der Waals surface area contributed by atoms with Gasteiger partial charge in [0.1, 0.15) is 10.8 Å².